The highest BCUT2D eigenvalue weighted by molar-refractivity contribution is 6.31. The van der Waals surface area contributed by atoms with Crippen molar-refractivity contribution in [3.63, 3.8) is 0 Å². The van der Waals surface area contributed by atoms with Crippen molar-refractivity contribution in [3.05, 3.63) is 88.2 Å². The molecule has 3 aromatic rings. The van der Waals surface area contributed by atoms with Gasteiger partial charge in [-0.1, -0.05) is 41.9 Å². The fourth-order valence-corrected chi connectivity index (χ4v) is 2.80. The average molecular weight is 366 g/mol. The summed E-state index contributed by atoms with van der Waals surface area (Å²) in [7, 11) is 0. The second-order valence-corrected chi connectivity index (χ2v) is 6.52. The van der Waals surface area contributed by atoms with Gasteiger partial charge in [-0.2, -0.15) is 0 Å². The monoisotopic (exact) mass is 365 g/mol. The van der Waals surface area contributed by atoms with E-state index in [1.165, 1.54) is 11.1 Å². The van der Waals surface area contributed by atoms with E-state index < -0.39 is 0 Å². The number of aryl methyl sites for hydroxylation is 1. The SMILES string of the molecule is Cc1cccc(Nc2cncc(C(=O)NCc3ccccc3Cl)c2)c1C. The van der Waals surface area contributed by atoms with Crippen molar-refractivity contribution in [2.75, 3.05) is 5.32 Å². The van der Waals surface area contributed by atoms with E-state index in [0.29, 0.717) is 17.1 Å². The van der Waals surface area contributed by atoms with Gasteiger partial charge in [0, 0.05) is 23.5 Å². The number of nitrogens with zero attached hydrogens (tertiary/aromatic N) is 1. The first kappa shape index (κ1) is 18.0. The molecule has 2 aromatic carbocycles. The summed E-state index contributed by atoms with van der Waals surface area (Å²) in [6, 6.07) is 15.3. The van der Waals surface area contributed by atoms with Crippen LogP contribution in [-0.2, 0) is 6.54 Å². The summed E-state index contributed by atoms with van der Waals surface area (Å²) in [6.07, 6.45) is 3.25. The van der Waals surface area contributed by atoms with E-state index in [4.69, 9.17) is 11.6 Å². The van der Waals surface area contributed by atoms with Gasteiger partial charge >= 0.3 is 0 Å². The summed E-state index contributed by atoms with van der Waals surface area (Å²) in [4.78, 5) is 16.6. The largest absolute Gasteiger partial charge is 0.354 e. The zero-order valence-electron chi connectivity index (χ0n) is 14.7. The topological polar surface area (TPSA) is 54.0 Å². The number of benzene rings is 2. The van der Waals surface area contributed by atoms with Gasteiger partial charge in [0.05, 0.1) is 17.4 Å². The number of carbonyl (C=O) groups is 1. The van der Waals surface area contributed by atoms with Crippen LogP contribution in [-0.4, -0.2) is 10.9 Å². The van der Waals surface area contributed by atoms with Crippen molar-refractivity contribution in [2.45, 2.75) is 20.4 Å². The number of pyridine rings is 1. The first-order valence-corrected chi connectivity index (χ1v) is 8.72. The quantitative estimate of drug-likeness (QED) is 0.667. The lowest BCUT2D eigenvalue weighted by atomic mass is 10.1. The molecular weight excluding hydrogens is 346 g/mol. The Hall–Kier alpha value is -2.85. The molecule has 4 nitrogen and oxygen atoms in total. The zero-order valence-corrected chi connectivity index (χ0v) is 15.5. The number of hydrogen-bond donors (Lipinski definition) is 2. The summed E-state index contributed by atoms with van der Waals surface area (Å²) >= 11 is 6.12. The first-order chi connectivity index (χ1) is 12.5. The van der Waals surface area contributed by atoms with Gasteiger partial charge in [-0.3, -0.25) is 9.78 Å². The fourth-order valence-electron chi connectivity index (χ4n) is 2.59. The van der Waals surface area contributed by atoms with Crippen LogP contribution in [0.1, 0.15) is 27.0 Å². The van der Waals surface area contributed by atoms with Crippen LogP contribution >= 0.6 is 11.6 Å². The number of aromatic nitrogens is 1. The van der Waals surface area contributed by atoms with E-state index in [1.54, 1.807) is 24.5 Å². The number of hydrogen-bond acceptors (Lipinski definition) is 3. The van der Waals surface area contributed by atoms with Crippen LogP contribution < -0.4 is 10.6 Å². The van der Waals surface area contributed by atoms with Gasteiger partial charge in [-0.25, -0.2) is 0 Å². The summed E-state index contributed by atoms with van der Waals surface area (Å²) in [6.45, 7) is 4.50. The molecule has 0 saturated carbocycles. The first-order valence-electron chi connectivity index (χ1n) is 8.34. The van der Waals surface area contributed by atoms with Gasteiger partial charge in [-0.15, -0.1) is 0 Å². The lowest BCUT2D eigenvalue weighted by Gasteiger charge is -2.12. The summed E-state index contributed by atoms with van der Waals surface area (Å²) in [5.74, 6) is -0.193. The molecule has 3 rings (SSSR count). The Balaban J connectivity index is 1.71. The summed E-state index contributed by atoms with van der Waals surface area (Å²) < 4.78 is 0. The molecule has 0 radical (unpaired) electrons. The molecule has 0 aliphatic carbocycles. The summed E-state index contributed by atoms with van der Waals surface area (Å²) in [5.41, 5.74) is 5.51. The van der Waals surface area contributed by atoms with Gasteiger partial charge < -0.3 is 10.6 Å². The molecule has 0 aliphatic heterocycles. The van der Waals surface area contributed by atoms with E-state index in [2.05, 4.69) is 35.5 Å². The highest BCUT2D eigenvalue weighted by Gasteiger charge is 2.09. The van der Waals surface area contributed by atoms with Crippen molar-refractivity contribution in [1.29, 1.82) is 0 Å². The molecule has 0 bridgehead atoms. The lowest BCUT2D eigenvalue weighted by molar-refractivity contribution is 0.0950. The predicted molar refractivity (Wildman–Crippen MR) is 106 cm³/mol. The van der Waals surface area contributed by atoms with Crippen LogP contribution in [0.2, 0.25) is 5.02 Å². The number of halogens is 1. The third kappa shape index (κ3) is 4.21. The molecule has 0 atom stereocenters. The molecule has 5 heteroatoms. The van der Waals surface area contributed by atoms with E-state index in [0.717, 1.165) is 16.9 Å². The third-order valence-corrected chi connectivity index (χ3v) is 4.65. The molecular formula is C21H20ClN3O. The average Bonchev–Trinajstić information content (AvgIpc) is 2.65. The van der Waals surface area contributed by atoms with Crippen LogP contribution in [0.5, 0.6) is 0 Å². The van der Waals surface area contributed by atoms with Crippen LogP contribution in [0, 0.1) is 13.8 Å². The fraction of sp³-hybridized carbons (Fsp3) is 0.143. The van der Waals surface area contributed by atoms with Crippen LogP contribution in [0.3, 0.4) is 0 Å². The van der Waals surface area contributed by atoms with Crippen LogP contribution in [0.4, 0.5) is 11.4 Å². The Morgan fingerprint density at radius 2 is 1.88 bits per heavy atom. The molecule has 0 unspecified atom stereocenters. The molecule has 1 aromatic heterocycles. The molecule has 0 spiro atoms. The predicted octanol–water partition coefficient (Wildman–Crippen LogP) is 5.03. The second kappa shape index (κ2) is 8.02. The Kier molecular flexibility index (Phi) is 5.54. The Labute approximate surface area is 158 Å². The van der Waals surface area contributed by atoms with Crippen molar-refractivity contribution in [2.24, 2.45) is 0 Å². The maximum Gasteiger partial charge on any atom is 0.253 e. The number of nitrogens with one attached hydrogen (secondary N) is 2. The Bertz CT molecular complexity index is 940. The molecule has 1 amide bonds. The third-order valence-electron chi connectivity index (χ3n) is 4.28. The maximum absolute atomic E-state index is 12.4. The van der Waals surface area contributed by atoms with Gasteiger partial charge in [0.15, 0.2) is 0 Å². The standard InChI is InChI=1S/C21H20ClN3O/c1-14-6-5-9-20(15(14)2)25-18-10-17(11-23-13-18)21(26)24-12-16-7-3-4-8-19(16)22/h3-11,13,25H,12H2,1-2H3,(H,24,26). The van der Waals surface area contributed by atoms with Gasteiger partial charge in [0.2, 0.25) is 0 Å². The lowest BCUT2D eigenvalue weighted by Crippen LogP contribution is -2.23. The van der Waals surface area contributed by atoms with E-state index in [-0.39, 0.29) is 5.91 Å². The number of carbonyl (C=O) groups excluding carboxylic acids is 1. The normalized spacial score (nSPS) is 10.4. The molecule has 26 heavy (non-hydrogen) atoms. The van der Waals surface area contributed by atoms with Crippen molar-refractivity contribution in [1.82, 2.24) is 10.3 Å². The minimum Gasteiger partial charge on any atom is -0.354 e. The van der Waals surface area contributed by atoms with Crippen molar-refractivity contribution in [3.8, 4) is 0 Å². The number of rotatable bonds is 5. The van der Waals surface area contributed by atoms with Crippen molar-refractivity contribution < 1.29 is 4.79 Å². The number of amides is 1. The highest BCUT2D eigenvalue weighted by Crippen LogP contribution is 2.23. The maximum atomic E-state index is 12.4. The van der Waals surface area contributed by atoms with Crippen LogP contribution in [0.25, 0.3) is 0 Å². The Morgan fingerprint density at radius 1 is 1.08 bits per heavy atom. The molecule has 0 saturated heterocycles. The molecule has 1 heterocycles. The molecule has 2 N–H and O–H groups in total. The summed E-state index contributed by atoms with van der Waals surface area (Å²) in [5, 5.41) is 6.84. The van der Waals surface area contributed by atoms with E-state index >= 15 is 0 Å². The smallest absolute Gasteiger partial charge is 0.253 e. The Morgan fingerprint density at radius 3 is 2.69 bits per heavy atom. The second-order valence-electron chi connectivity index (χ2n) is 6.11. The number of anilines is 2. The van der Waals surface area contributed by atoms with E-state index in [9.17, 15) is 4.79 Å². The molecule has 132 valence electrons. The van der Waals surface area contributed by atoms with Crippen molar-refractivity contribution >= 4 is 28.9 Å². The van der Waals surface area contributed by atoms with Gasteiger partial charge in [0.1, 0.15) is 0 Å². The molecule has 0 fully saturated rings. The van der Waals surface area contributed by atoms with E-state index in [1.807, 2.05) is 30.3 Å². The minimum atomic E-state index is -0.193. The van der Waals surface area contributed by atoms with Gasteiger partial charge in [-0.05, 0) is 48.7 Å². The van der Waals surface area contributed by atoms with Gasteiger partial charge in [0.25, 0.3) is 5.91 Å². The minimum absolute atomic E-state index is 0.193. The van der Waals surface area contributed by atoms with Crippen LogP contribution in [0.15, 0.2) is 60.9 Å². The highest BCUT2D eigenvalue weighted by atomic mass is 35.5. The molecule has 0 aliphatic rings. The zero-order chi connectivity index (χ0) is 18.5.